The van der Waals surface area contributed by atoms with Crippen LogP contribution in [0.5, 0.6) is 0 Å². The van der Waals surface area contributed by atoms with E-state index in [4.69, 9.17) is 4.74 Å². The van der Waals surface area contributed by atoms with Gasteiger partial charge in [-0.1, -0.05) is 45.4 Å². The molecular weight excluding hydrogens is 278 g/mol. The summed E-state index contributed by atoms with van der Waals surface area (Å²) in [6.45, 7) is 7.93. The number of morpholine rings is 1. The van der Waals surface area contributed by atoms with E-state index in [9.17, 15) is 4.79 Å². The first-order valence-electron chi connectivity index (χ1n) is 9.16. The van der Waals surface area contributed by atoms with Gasteiger partial charge in [-0.25, -0.2) is 4.79 Å². The molecule has 2 aliphatic rings. The molecule has 0 spiro atoms. The van der Waals surface area contributed by atoms with Gasteiger partial charge in [-0.15, -0.1) is 0 Å². The first-order chi connectivity index (χ1) is 10.8. The van der Waals surface area contributed by atoms with Crippen LogP contribution in [0.4, 0.5) is 4.79 Å². The Bertz CT molecular complexity index is 313. The van der Waals surface area contributed by atoms with E-state index >= 15 is 0 Å². The van der Waals surface area contributed by atoms with Crippen LogP contribution in [0.15, 0.2) is 0 Å². The lowest BCUT2D eigenvalue weighted by molar-refractivity contribution is 0.0330. The van der Waals surface area contributed by atoms with Gasteiger partial charge in [0.15, 0.2) is 0 Å². The molecule has 22 heavy (non-hydrogen) atoms. The Labute approximate surface area is 135 Å². The molecular formula is C17H33N3O2. The van der Waals surface area contributed by atoms with Crippen LogP contribution in [0.25, 0.3) is 0 Å². The molecule has 128 valence electrons. The van der Waals surface area contributed by atoms with Crippen molar-refractivity contribution in [1.82, 2.24) is 15.1 Å². The zero-order valence-electron chi connectivity index (χ0n) is 14.2. The van der Waals surface area contributed by atoms with Crippen molar-refractivity contribution in [3.8, 4) is 0 Å². The van der Waals surface area contributed by atoms with Crippen LogP contribution < -0.4 is 5.32 Å². The average molecular weight is 311 g/mol. The number of nitrogens with one attached hydrogen (secondary N) is 1. The predicted molar refractivity (Wildman–Crippen MR) is 89.1 cm³/mol. The van der Waals surface area contributed by atoms with Gasteiger partial charge in [0.2, 0.25) is 0 Å². The lowest BCUT2D eigenvalue weighted by Gasteiger charge is -2.43. The summed E-state index contributed by atoms with van der Waals surface area (Å²) in [4.78, 5) is 16.1. The van der Waals surface area contributed by atoms with Gasteiger partial charge in [0.1, 0.15) is 0 Å². The van der Waals surface area contributed by atoms with Crippen molar-refractivity contribution in [2.24, 2.45) is 0 Å². The molecule has 0 atom stereocenters. The number of urea groups is 1. The van der Waals surface area contributed by atoms with E-state index in [1.807, 2.05) is 9.80 Å². The van der Waals surface area contributed by atoms with Crippen LogP contribution in [0, 0.1) is 0 Å². The fourth-order valence-corrected chi connectivity index (χ4v) is 3.11. The Balaban J connectivity index is 1.43. The van der Waals surface area contributed by atoms with Gasteiger partial charge in [-0.05, 0) is 13.0 Å². The molecule has 5 heteroatoms. The maximum atomic E-state index is 12.2. The third-order valence-electron chi connectivity index (χ3n) is 4.65. The molecule has 0 aromatic rings. The van der Waals surface area contributed by atoms with Gasteiger partial charge in [0, 0.05) is 32.2 Å². The van der Waals surface area contributed by atoms with Crippen LogP contribution in [0.3, 0.4) is 0 Å². The molecule has 0 aliphatic carbocycles. The second-order valence-corrected chi connectivity index (χ2v) is 6.56. The Morgan fingerprint density at radius 3 is 2.32 bits per heavy atom. The number of amides is 2. The van der Waals surface area contributed by atoms with Crippen molar-refractivity contribution in [2.75, 3.05) is 45.9 Å². The van der Waals surface area contributed by atoms with E-state index in [0.29, 0.717) is 19.3 Å². The van der Waals surface area contributed by atoms with E-state index < -0.39 is 0 Å². The van der Waals surface area contributed by atoms with Crippen LogP contribution in [-0.2, 0) is 4.74 Å². The summed E-state index contributed by atoms with van der Waals surface area (Å²) < 4.78 is 5.28. The minimum atomic E-state index is 0.192. The van der Waals surface area contributed by atoms with Crippen molar-refractivity contribution >= 4 is 6.03 Å². The highest BCUT2D eigenvalue weighted by molar-refractivity contribution is 5.75. The maximum Gasteiger partial charge on any atom is 0.320 e. The molecule has 0 saturated carbocycles. The molecule has 5 nitrogen and oxygen atoms in total. The molecule has 2 saturated heterocycles. The largest absolute Gasteiger partial charge is 0.378 e. The summed E-state index contributed by atoms with van der Waals surface area (Å²) in [5.41, 5.74) is 0. The zero-order valence-corrected chi connectivity index (χ0v) is 14.2. The van der Waals surface area contributed by atoms with Crippen LogP contribution in [0.1, 0.15) is 51.9 Å². The zero-order chi connectivity index (χ0) is 15.6. The molecule has 2 heterocycles. The second-order valence-electron chi connectivity index (χ2n) is 6.56. The van der Waals surface area contributed by atoms with Crippen molar-refractivity contribution < 1.29 is 9.53 Å². The molecule has 0 radical (unpaired) electrons. The third kappa shape index (κ3) is 5.76. The van der Waals surface area contributed by atoms with Crippen LogP contribution in [0.2, 0.25) is 0 Å². The molecule has 0 aromatic carbocycles. The molecule has 2 rings (SSSR count). The smallest absolute Gasteiger partial charge is 0.320 e. The van der Waals surface area contributed by atoms with E-state index in [1.165, 1.54) is 44.9 Å². The minimum absolute atomic E-state index is 0.192. The molecule has 2 aliphatic heterocycles. The van der Waals surface area contributed by atoms with E-state index in [2.05, 4.69) is 12.2 Å². The fourth-order valence-electron chi connectivity index (χ4n) is 3.11. The van der Waals surface area contributed by atoms with Crippen molar-refractivity contribution in [1.29, 1.82) is 0 Å². The van der Waals surface area contributed by atoms with Gasteiger partial charge >= 0.3 is 6.03 Å². The van der Waals surface area contributed by atoms with Gasteiger partial charge in [0.25, 0.3) is 0 Å². The second kappa shape index (κ2) is 10.1. The fraction of sp³-hybridized carbons (Fsp3) is 0.941. The molecule has 0 unspecified atom stereocenters. The van der Waals surface area contributed by atoms with Gasteiger partial charge in [0.05, 0.1) is 13.2 Å². The van der Waals surface area contributed by atoms with Crippen molar-refractivity contribution in [3.05, 3.63) is 0 Å². The molecule has 1 N–H and O–H groups in total. The monoisotopic (exact) mass is 311 g/mol. The number of rotatable bonds is 9. The third-order valence-corrected chi connectivity index (χ3v) is 4.65. The predicted octanol–water partition coefficient (Wildman–Crippen LogP) is 2.46. The first-order valence-corrected chi connectivity index (χ1v) is 9.16. The highest BCUT2D eigenvalue weighted by Gasteiger charge is 2.33. The average Bonchev–Trinajstić information content (AvgIpc) is 2.52. The number of likely N-dealkylation sites (tertiary alicyclic amines) is 1. The summed E-state index contributed by atoms with van der Waals surface area (Å²) in [6, 6.07) is 0.697. The summed E-state index contributed by atoms with van der Waals surface area (Å²) in [7, 11) is 0. The summed E-state index contributed by atoms with van der Waals surface area (Å²) >= 11 is 0. The summed E-state index contributed by atoms with van der Waals surface area (Å²) in [5.74, 6) is 0. The number of carbonyl (C=O) groups excluding carboxylic acids is 1. The molecule has 0 bridgehead atoms. The van der Waals surface area contributed by atoms with Crippen LogP contribution >= 0.6 is 0 Å². The lowest BCUT2D eigenvalue weighted by Crippen LogP contribution is -2.63. The number of unbranched alkanes of at least 4 members (excludes halogenated alkanes) is 6. The standard InChI is InChI=1S/C17H33N3O2/c1-2-3-4-5-6-7-8-9-18-16-14-20(15-16)17(21)19-10-12-22-13-11-19/h16,18H,2-15H2,1H3. The summed E-state index contributed by atoms with van der Waals surface area (Å²) in [5, 5.41) is 3.57. The molecule has 2 amide bonds. The normalized spacial score (nSPS) is 19.3. The van der Waals surface area contributed by atoms with Gasteiger partial charge in [-0.3, -0.25) is 0 Å². The van der Waals surface area contributed by atoms with Crippen molar-refractivity contribution in [3.63, 3.8) is 0 Å². The number of hydrogen-bond donors (Lipinski definition) is 1. The molecule has 0 aromatic heterocycles. The highest BCUT2D eigenvalue weighted by atomic mass is 16.5. The quantitative estimate of drug-likeness (QED) is 0.665. The Kier molecular flexibility index (Phi) is 8.02. The minimum Gasteiger partial charge on any atom is -0.378 e. The van der Waals surface area contributed by atoms with E-state index in [1.54, 1.807) is 0 Å². The maximum absolute atomic E-state index is 12.2. The topological polar surface area (TPSA) is 44.8 Å². The Morgan fingerprint density at radius 2 is 1.64 bits per heavy atom. The van der Waals surface area contributed by atoms with Crippen molar-refractivity contribution in [2.45, 2.75) is 57.9 Å². The van der Waals surface area contributed by atoms with E-state index in [-0.39, 0.29) is 6.03 Å². The summed E-state index contributed by atoms with van der Waals surface area (Å²) in [6.07, 6.45) is 9.45. The molecule has 2 fully saturated rings. The Morgan fingerprint density at radius 1 is 1.00 bits per heavy atom. The first kappa shape index (κ1) is 17.5. The number of ether oxygens (including phenoxy) is 1. The van der Waals surface area contributed by atoms with Gasteiger partial charge in [-0.2, -0.15) is 0 Å². The number of carbonyl (C=O) groups is 1. The Hall–Kier alpha value is -0.810. The van der Waals surface area contributed by atoms with Gasteiger partial charge < -0.3 is 19.9 Å². The lowest BCUT2D eigenvalue weighted by atomic mass is 10.1. The number of nitrogens with zero attached hydrogens (tertiary/aromatic N) is 2. The van der Waals surface area contributed by atoms with E-state index in [0.717, 1.165) is 32.7 Å². The SMILES string of the molecule is CCCCCCCCCNC1CN(C(=O)N2CCOCC2)C1. The number of hydrogen-bond acceptors (Lipinski definition) is 3. The van der Waals surface area contributed by atoms with Crippen LogP contribution in [-0.4, -0.2) is 67.8 Å². The highest BCUT2D eigenvalue weighted by Crippen LogP contribution is 2.13.